The monoisotopic (exact) mass is 245 g/mol. The molecule has 1 aromatic rings. The third kappa shape index (κ3) is 3.14. The molecule has 1 aliphatic carbocycles. The Balaban J connectivity index is 2.12. The molecule has 1 aliphatic rings. The minimum atomic E-state index is 0.647. The highest BCUT2D eigenvalue weighted by Gasteiger charge is 2.26. The summed E-state index contributed by atoms with van der Waals surface area (Å²) >= 11 is 0. The third-order valence-electron chi connectivity index (χ3n) is 4.33. The van der Waals surface area contributed by atoms with Crippen molar-refractivity contribution in [1.82, 2.24) is 5.32 Å². The summed E-state index contributed by atoms with van der Waals surface area (Å²) in [5.41, 5.74) is 3.19. The summed E-state index contributed by atoms with van der Waals surface area (Å²) in [5.74, 6) is 1.53. The standard InChI is InChI=1S/C17H27N/c1-13(2)11-12-17(18-3)16-10-6-8-14-7-4-5-9-15(14)16/h4-5,7,9,13,16-18H,6,8,10-12H2,1-3H3. The van der Waals surface area contributed by atoms with E-state index in [0.717, 1.165) is 11.8 Å². The largest absolute Gasteiger partial charge is 0.316 e. The molecule has 2 unspecified atom stereocenters. The third-order valence-corrected chi connectivity index (χ3v) is 4.33. The van der Waals surface area contributed by atoms with E-state index < -0.39 is 0 Å². The molecule has 0 radical (unpaired) electrons. The maximum atomic E-state index is 3.57. The summed E-state index contributed by atoms with van der Waals surface area (Å²) in [5, 5.41) is 3.57. The van der Waals surface area contributed by atoms with Gasteiger partial charge in [0.1, 0.15) is 0 Å². The Hall–Kier alpha value is -0.820. The van der Waals surface area contributed by atoms with E-state index in [4.69, 9.17) is 0 Å². The SMILES string of the molecule is CNC(CCC(C)C)C1CCCc2ccccc21. The number of aryl methyl sites for hydroxylation is 1. The number of likely N-dealkylation sites (N-methyl/N-ethyl adjacent to an activating group) is 1. The number of nitrogens with one attached hydrogen (secondary N) is 1. The van der Waals surface area contributed by atoms with E-state index in [9.17, 15) is 0 Å². The van der Waals surface area contributed by atoms with Crippen molar-refractivity contribution in [3.63, 3.8) is 0 Å². The van der Waals surface area contributed by atoms with Gasteiger partial charge in [0.25, 0.3) is 0 Å². The van der Waals surface area contributed by atoms with Crippen LogP contribution in [0.5, 0.6) is 0 Å². The van der Waals surface area contributed by atoms with Crippen molar-refractivity contribution in [3.8, 4) is 0 Å². The van der Waals surface area contributed by atoms with Gasteiger partial charge in [0, 0.05) is 6.04 Å². The van der Waals surface area contributed by atoms with Crippen molar-refractivity contribution in [3.05, 3.63) is 35.4 Å². The molecule has 0 aliphatic heterocycles. The van der Waals surface area contributed by atoms with Crippen molar-refractivity contribution < 1.29 is 0 Å². The zero-order chi connectivity index (χ0) is 13.0. The fourth-order valence-corrected chi connectivity index (χ4v) is 3.27. The molecule has 2 atom stereocenters. The number of hydrogen-bond acceptors (Lipinski definition) is 1. The molecule has 1 aromatic carbocycles. The number of rotatable bonds is 5. The zero-order valence-electron chi connectivity index (χ0n) is 12.1. The summed E-state index contributed by atoms with van der Waals surface area (Å²) in [4.78, 5) is 0. The second-order valence-electron chi connectivity index (χ2n) is 6.06. The molecule has 0 spiro atoms. The first kappa shape index (κ1) is 13.6. The number of benzene rings is 1. The molecule has 100 valence electrons. The second-order valence-corrected chi connectivity index (χ2v) is 6.06. The first-order valence-electron chi connectivity index (χ1n) is 7.47. The lowest BCUT2D eigenvalue weighted by Crippen LogP contribution is -2.34. The summed E-state index contributed by atoms with van der Waals surface area (Å²) in [7, 11) is 2.13. The molecule has 0 aromatic heterocycles. The van der Waals surface area contributed by atoms with Crippen LogP contribution in [-0.2, 0) is 6.42 Å². The van der Waals surface area contributed by atoms with Crippen LogP contribution < -0.4 is 5.32 Å². The fourth-order valence-electron chi connectivity index (χ4n) is 3.27. The molecule has 1 heteroatoms. The maximum absolute atomic E-state index is 3.57. The Morgan fingerprint density at radius 3 is 2.72 bits per heavy atom. The minimum Gasteiger partial charge on any atom is -0.316 e. The zero-order valence-corrected chi connectivity index (χ0v) is 12.1. The molecule has 1 N–H and O–H groups in total. The van der Waals surface area contributed by atoms with E-state index in [-0.39, 0.29) is 0 Å². The van der Waals surface area contributed by atoms with E-state index >= 15 is 0 Å². The smallest absolute Gasteiger partial charge is 0.0133 e. The molecule has 1 nitrogen and oxygen atoms in total. The average Bonchev–Trinajstić information content (AvgIpc) is 2.39. The van der Waals surface area contributed by atoms with Gasteiger partial charge in [-0.15, -0.1) is 0 Å². The van der Waals surface area contributed by atoms with Crippen LogP contribution in [0.2, 0.25) is 0 Å². The molecule has 2 rings (SSSR count). The molecule has 0 heterocycles. The molecule has 0 saturated heterocycles. The molecule has 0 amide bonds. The van der Waals surface area contributed by atoms with Gasteiger partial charge < -0.3 is 5.32 Å². The van der Waals surface area contributed by atoms with Crippen LogP contribution in [0.3, 0.4) is 0 Å². The van der Waals surface area contributed by atoms with Crippen LogP contribution >= 0.6 is 0 Å². The molecule has 18 heavy (non-hydrogen) atoms. The van der Waals surface area contributed by atoms with Gasteiger partial charge in [-0.25, -0.2) is 0 Å². The van der Waals surface area contributed by atoms with Gasteiger partial charge in [-0.05, 0) is 62.1 Å². The molecular formula is C17H27N. The Morgan fingerprint density at radius 2 is 2.00 bits per heavy atom. The highest BCUT2D eigenvalue weighted by molar-refractivity contribution is 5.33. The Labute approximate surface area is 112 Å². The van der Waals surface area contributed by atoms with E-state index in [2.05, 4.69) is 50.5 Å². The van der Waals surface area contributed by atoms with E-state index in [1.165, 1.54) is 32.1 Å². The Bertz CT molecular complexity index is 370. The van der Waals surface area contributed by atoms with Crippen LogP contribution in [-0.4, -0.2) is 13.1 Å². The summed E-state index contributed by atoms with van der Waals surface area (Å²) in [6.45, 7) is 4.64. The summed E-state index contributed by atoms with van der Waals surface area (Å²) < 4.78 is 0. The summed E-state index contributed by atoms with van der Waals surface area (Å²) in [6, 6.07) is 9.69. The van der Waals surface area contributed by atoms with Gasteiger partial charge in [0.2, 0.25) is 0 Å². The van der Waals surface area contributed by atoms with Crippen LogP contribution in [0.15, 0.2) is 24.3 Å². The number of hydrogen-bond donors (Lipinski definition) is 1. The van der Waals surface area contributed by atoms with Crippen LogP contribution in [0.4, 0.5) is 0 Å². The lowest BCUT2D eigenvalue weighted by atomic mass is 9.77. The van der Waals surface area contributed by atoms with Gasteiger partial charge in [0.15, 0.2) is 0 Å². The van der Waals surface area contributed by atoms with Crippen LogP contribution in [0, 0.1) is 5.92 Å². The lowest BCUT2D eigenvalue weighted by molar-refractivity contribution is 0.367. The van der Waals surface area contributed by atoms with Crippen LogP contribution in [0.25, 0.3) is 0 Å². The molecule has 0 saturated carbocycles. The molecule has 0 bridgehead atoms. The molecular weight excluding hydrogens is 218 g/mol. The minimum absolute atomic E-state index is 0.647. The Morgan fingerprint density at radius 1 is 1.22 bits per heavy atom. The topological polar surface area (TPSA) is 12.0 Å². The second kappa shape index (κ2) is 6.38. The van der Waals surface area contributed by atoms with Gasteiger partial charge in [0.05, 0.1) is 0 Å². The van der Waals surface area contributed by atoms with Crippen molar-refractivity contribution in [1.29, 1.82) is 0 Å². The highest BCUT2D eigenvalue weighted by atomic mass is 14.9. The van der Waals surface area contributed by atoms with Crippen molar-refractivity contribution in [2.24, 2.45) is 5.92 Å². The fraction of sp³-hybridized carbons (Fsp3) is 0.647. The van der Waals surface area contributed by atoms with Gasteiger partial charge in [-0.3, -0.25) is 0 Å². The Kier molecular flexibility index (Phi) is 4.82. The van der Waals surface area contributed by atoms with Crippen LogP contribution in [0.1, 0.15) is 56.6 Å². The quantitative estimate of drug-likeness (QED) is 0.822. The van der Waals surface area contributed by atoms with E-state index in [1.807, 2.05) is 0 Å². The maximum Gasteiger partial charge on any atom is 0.0133 e. The molecule has 0 fully saturated rings. The first-order chi connectivity index (χ1) is 8.72. The predicted molar refractivity (Wildman–Crippen MR) is 79.0 cm³/mol. The number of fused-ring (bicyclic) bond motifs is 1. The first-order valence-corrected chi connectivity index (χ1v) is 7.47. The van der Waals surface area contributed by atoms with Crippen molar-refractivity contribution in [2.75, 3.05) is 7.05 Å². The van der Waals surface area contributed by atoms with Crippen molar-refractivity contribution in [2.45, 2.75) is 57.9 Å². The lowest BCUT2D eigenvalue weighted by Gasteiger charge is -2.32. The van der Waals surface area contributed by atoms with E-state index in [1.54, 1.807) is 11.1 Å². The van der Waals surface area contributed by atoms with Crippen molar-refractivity contribution >= 4 is 0 Å². The average molecular weight is 245 g/mol. The summed E-state index contributed by atoms with van der Waals surface area (Å²) in [6.07, 6.45) is 6.59. The van der Waals surface area contributed by atoms with Gasteiger partial charge in [-0.2, -0.15) is 0 Å². The van der Waals surface area contributed by atoms with Gasteiger partial charge in [-0.1, -0.05) is 38.1 Å². The van der Waals surface area contributed by atoms with Gasteiger partial charge >= 0.3 is 0 Å². The normalized spacial score (nSPS) is 20.8. The predicted octanol–water partition coefficient (Wildman–Crippen LogP) is 4.13. The highest BCUT2D eigenvalue weighted by Crippen LogP contribution is 2.35. The van der Waals surface area contributed by atoms with E-state index in [0.29, 0.717) is 6.04 Å².